The summed E-state index contributed by atoms with van der Waals surface area (Å²) in [6.07, 6.45) is 0.194. The van der Waals surface area contributed by atoms with E-state index >= 15 is 0 Å². The van der Waals surface area contributed by atoms with Gasteiger partial charge in [0.15, 0.2) is 0 Å². The van der Waals surface area contributed by atoms with Gasteiger partial charge in [-0.1, -0.05) is 0 Å². The summed E-state index contributed by atoms with van der Waals surface area (Å²) in [5, 5.41) is 0. The standard InChI is InChI=1S/C18H30N2O3/c1-16(2)23-18-6-4-17(5-7-18)22-15-14-21-13-12-20-10-8-19(3)9-11-20/h4-7,16H,8-15H2,1-3H3/p+2. The average molecular weight is 324 g/mol. The number of benzene rings is 1. The van der Waals surface area contributed by atoms with Crippen molar-refractivity contribution in [2.75, 3.05) is 59.6 Å². The first-order valence-electron chi connectivity index (χ1n) is 8.75. The Labute approximate surface area is 140 Å². The highest BCUT2D eigenvalue weighted by atomic mass is 16.5. The topological polar surface area (TPSA) is 36.6 Å². The number of likely N-dealkylation sites (N-methyl/N-ethyl adjacent to an activating group) is 1. The van der Waals surface area contributed by atoms with Gasteiger partial charge in [-0.05, 0) is 38.1 Å². The van der Waals surface area contributed by atoms with Crippen LogP contribution in [0.4, 0.5) is 0 Å². The Kier molecular flexibility index (Phi) is 7.65. The molecule has 1 aromatic carbocycles. The van der Waals surface area contributed by atoms with Crippen molar-refractivity contribution in [1.29, 1.82) is 0 Å². The predicted molar refractivity (Wildman–Crippen MR) is 90.7 cm³/mol. The first-order valence-corrected chi connectivity index (χ1v) is 8.75. The van der Waals surface area contributed by atoms with Gasteiger partial charge < -0.3 is 24.0 Å². The van der Waals surface area contributed by atoms with Gasteiger partial charge >= 0.3 is 0 Å². The molecule has 0 bridgehead atoms. The molecule has 0 aromatic heterocycles. The molecule has 5 nitrogen and oxygen atoms in total. The Balaban J connectivity index is 1.52. The minimum absolute atomic E-state index is 0.194. The number of rotatable bonds is 9. The molecular weight excluding hydrogens is 292 g/mol. The molecule has 1 aliphatic rings. The van der Waals surface area contributed by atoms with Crippen LogP contribution in [0.3, 0.4) is 0 Å². The van der Waals surface area contributed by atoms with Gasteiger partial charge in [0, 0.05) is 0 Å². The second-order valence-corrected chi connectivity index (χ2v) is 6.56. The van der Waals surface area contributed by atoms with Crippen molar-refractivity contribution in [3.63, 3.8) is 0 Å². The van der Waals surface area contributed by atoms with Crippen LogP contribution in [-0.4, -0.2) is 65.7 Å². The Bertz CT molecular complexity index is 428. The van der Waals surface area contributed by atoms with Crippen LogP contribution < -0.4 is 19.3 Å². The van der Waals surface area contributed by atoms with Crippen molar-refractivity contribution in [2.45, 2.75) is 20.0 Å². The quantitative estimate of drug-likeness (QED) is 0.589. The van der Waals surface area contributed by atoms with Gasteiger partial charge in [-0.25, -0.2) is 0 Å². The fourth-order valence-corrected chi connectivity index (χ4v) is 2.70. The zero-order chi connectivity index (χ0) is 16.5. The third-order valence-corrected chi connectivity index (χ3v) is 4.10. The van der Waals surface area contributed by atoms with Crippen LogP contribution in [0.15, 0.2) is 24.3 Å². The third-order valence-electron chi connectivity index (χ3n) is 4.10. The summed E-state index contributed by atoms with van der Waals surface area (Å²) in [4.78, 5) is 3.31. The van der Waals surface area contributed by atoms with E-state index in [2.05, 4.69) is 7.05 Å². The normalized spacial score (nSPS) is 21.4. The average Bonchev–Trinajstić information content (AvgIpc) is 2.53. The van der Waals surface area contributed by atoms with Gasteiger partial charge in [0.05, 0.1) is 26.4 Å². The lowest BCUT2D eigenvalue weighted by atomic mass is 10.3. The molecule has 1 fully saturated rings. The van der Waals surface area contributed by atoms with Crippen LogP contribution in [0.25, 0.3) is 0 Å². The fraction of sp³-hybridized carbons (Fsp3) is 0.667. The maximum absolute atomic E-state index is 5.68. The molecule has 0 saturated carbocycles. The van der Waals surface area contributed by atoms with Gasteiger partial charge in [-0.3, -0.25) is 0 Å². The lowest BCUT2D eigenvalue weighted by Gasteiger charge is -2.27. The molecule has 2 N–H and O–H groups in total. The molecule has 5 heteroatoms. The van der Waals surface area contributed by atoms with Crippen LogP contribution in [0.2, 0.25) is 0 Å². The van der Waals surface area contributed by atoms with Crippen LogP contribution in [-0.2, 0) is 4.74 Å². The Morgan fingerprint density at radius 2 is 1.57 bits per heavy atom. The largest absolute Gasteiger partial charge is 0.491 e. The van der Waals surface area contributed by atoms with Gasteiger partial charge in [0.1, 0.15) is 50.8 Å². The van der Waals surface area contributed by atoms with Crippen molar-refractivity contribution >= 4 is 0 Å². The van der Waals surface area contributed by atoms with E-state index in [9.17, 15) is 0 Å². The van der Waals surface area contributed by atoms with Gasteiger partial charge in [-0.2, -0.15) is 0 Å². The Morgan fingerprint density at radius 1 is 0.913 bits per heavy atom. The fourth-order valence-electron chi connectivity index (χ4n) is 2.70. The molecule has 0 radical (unpaired) electrons. The van der Waals surface area contributed by atoms with E-state index < -0.39 is 0 Å². The van der Waals surface area contributed by atoms with Crippen LogP contribution in [0, 0.1) is 0 Å². The second kappa shape index (κ2) is 9.75. The van der Waals surface area contributed by atoms with Gasteiger partial charge in [0.25, 0.3) is 0 Å². The SMILES string of the molecule is CC(C)Oc1ccc(OCCOCC[NH+]2CC[NH+](C)CC2)cc1. The van der Waals surface area contributed by atoms with E-state index in [0.29, 0.717) is 13.2 Å². The predicted octanol–water partition coefficient (Wildman–Crippen LogP) is -0.718. The zero-order valence-electron chi connectivity index (χ0n) is 14.8. The van der Waals surface area contributed by atoms with Crippen molar-refractivity contribution in [3.05, 3.63) is 24.3 Å². The van der Waals surface area contributed by atoms with Crippen molar-refractivity contribution in [1.82, 2.24) is 0 Å². The second-order valence-electron chi connectivity index (χ2n) is 6.56. The van der Waals surface area contributed by atoms with Crippen LogP contribution in [0.5, 0.6) is 11.5 Å². The maximum atomic E-state index is 5.68. The third kappa shape index (κ3) is 7.20. The Hall–Kier alpha value is -1.30. The summed E-state index contributed by atoms with van der Waals surface area (Å²) in [7, 11) is 2.27. The number of hydrogen-bond donors (Lipinski definition) is 2. The highest BCUT2D eigenvalue weighted by Gasteiger charge is 2.18. The molecule has 0 amide bonds. The van der Waals surface area contributed by atoms with Gasteiger partial charge in [0.2, 0.25) is 0 Å². The number of quaternary nitrogens is 2. The molecule has 0 atom stereocenters. The summed E-state index contributed by atoms with van der Waals surface area (Å²) in [6, 6.07) is 7.76. The van der Waals surface area contributed by atoms with E-state index in [4.69, 9.17) is 14.2 Å². The van der Waals surface area contributed by atoms with Crippen molar-refractivity contribution in [3.8, 4) is 11.5 Å². The molecular formula is C18H32N2O3+2. The summed E-state index contributed by atoms with van der Waals surface area (Å²) in [5.74, 6) is 1.73. The van der Waals surface area contributed by atoms with E-state index in [0.717, 1.165) is 24.7 Å². The first-order chi connectivity index (χ1) is 11.1. The van der Waals surface area contributed by atoms with E-state index in [1.54, 1.807) is 9.80 Å². The number of hydrogen-bond acceptors (Lipinski definition) is 3. The van der Waals surface area contributed by atoms with Gasteiger partial charge in [-0.15, -0.1) is 0 Å². The molecule has 0 spiro atoms. The van der Waals surface area contributed by atoms with Crippen LogP contribution >= 0.6 is 0 Å². The number of ether oxygens (including phenoxy) is 3. The molecule has 130 valence electrons. The molecule has 23 heavy (non-hydrogen) atoms. The van der Waals surface area contributed by atoms with Crippen molar-refractivity contribution in [2.24, 2.45) is 0 Å². The summed E-state index contributed by atoms with van der Waals surface area (Å²) in [5.41, 5.74) is 0. The maximum Gasteiger partial charge on any atom is 0.127 e. The van der Waals surface area contributed by atoms with Crippen molar-refractivity contribution < 1.29 is 24.0 Å². The summed E-state index contributed by atoms with van der Waals surface area (Å²) in [6.45, 7) is 12.3. The molecule has 0 aliphatic carbocycles. The number of nitrogens with one attached hydrogen (secondary N) is 2. The smallest absolute Gasteiger partial charge is 0.127 e. The van der Waals surface area contributed by atoms with E-state index in [1.807, 2.05) is 38.1 Å². The molecule has 1 aliphatic heterocycles. The number of piperazine rings is 1. The highest BCUT2D eigenvalue weighted by molar-refractivity contribution is 5.31. The molecule has 1 saturated heterocycles. The molecule has 0 unspecified atom stereocenters. The lowest BCUT2D eigenvalue weighted by molar-refractivity contribution is -1.00. The van der Waals surface area contributed by atoms with E-state index in [1.165, 1.54) is 26.2 Å². The Morgan fingerprint density at radius 3 is 2.22 bits per heavy atom. The lowest BCUT2D eigenvalue weighted by Crippen LogP contribution is -3.27. The first kappa shape index (κ1) is 18.0. The minimum atomic E-state index is 0.194. The monoisotopic (exact) mass is 324 g/mol. The summed E-state index contributed by atoms with van der Waals surface area (Å²) < 4.78 is 17.0. The zero-order valence-corrected chi connectivity index (χ0v) is 14.8. The van der Waals surface area contributed by atoms with E-state index in [-0.39, 0.29) is 6.10 Å². The van der Waals surface area contributed by atoms with Crippen LogP contribution in [0.1, 0.15) is 13.8 Å². The highest BCUT2D eigenvalue weighted by Crippen LogP contribution is 2.18. The summed E-state index contributed by atoms with van der Waals surface area (Å²) >= 11 is 0. The minimum Gasteiger partial charge on any atom is -0.491 e. The molecule has 1 heterocycles. The molecule has 1 aromatic rings. The molecule has 2 rings (SSSR count).